The van der Waals surface area contributed by atoms with Gasteiger partial charge >= 0.3 is 5.97 Å². The number of hydrogen-bond donors (Lipinski definition) is 1. The molecule has 9 heteroatoms. The summed E-state index contributed by atoms with van der Waals surface area (Å²) in [7, 11) is -2.03. The van der Waals surface area contributed by atoms with Crippen molar-refractivity contribution < 1.29 is 18.3 Å². The monoisotopic (exact) mass is 327 g/mol. The molecule has 2 aromatic heterocycles. The zero-order valence-electron chi connectivity index (χ0n) is 11.2. The molecule has 2 aromatic rings. The van der Waals surface area contributed by atoms with Gasteiger partial charge in [0.25, 0.3) is 10.0 Å². The summed E-state index contributed by atoms with van der Waals surface area (Å²) in [5.74, 6) is -0.976. The fourth-order valence-corrected chi connectivity index (χ4v) is 5.01. The molecule has 0 spiro atoms. The Bertz CT molecular complexity index is 806. The predicted molar refractivity (Wildman–Crippen MR) is 75.8 cm³/mol. The van der Waals surface area contributed by atoms with Crippen LogP contribution in [0.15, 0.2) is 23.4 Å². The largest absolute Gasteiger partial charge is 0.477 e. The molecular weight excluding hydrogens is 314 g/mol. The van der Waals surface area contributed by atoms with Gasteiger partial charge in [0, 0.05) is 25.0 Å². The van der Waals surface area contributed by atoms with Gasteiger partial charge in [-0.15, -0.1) is 11.3 Å². The van der Waals surface area contributed by atoms with Crippen molar-refractivity contribution >= 4 is 27.3 Å². The first-order chi connectivity index (χ1) is 9.89. The van der Waals surface area contributed by atoms with Crippen LogP contribution in [-0.2, 0) is 30.0 Å². The molecule has 0 fully saturated rings. The molecule has 1 N–H and O–H groups in total. The van der Waals surface area contributed by atoms with Gasteiger partial charge in [0.1, 0.15) is 4.88 Å². The Morgan fingerprint density at radius 3 is 2.86 bits per heavy atom. The Kier molecular flexibility index (Phi) is 3.34. The lowest BCUT2D eigenvalue weighted by molar-refractivity contribution is 0.0702. The Morgan fingerprint density at radius 1 is 1.48 bits per heavy atom. The van der Waals surface area contributed by atoms with Crippen LogP contribution in [0, 0.1) is 0 Å². The highest BCUT2D eigenvalue weighted by atomic mass is 32.2. The number of rotatable bonds is 3. The molecule has 21 heavy (non-hydrogen) atoms. The first kappa shape index (κ1) is 14.2. The van der Waals surface area contributed by atoms with E-state index in [2.05, 4.69) is 5.10 Å². The highest BCUT2D eigenvalue weighted by Crippen LogP contribution is 2.30. The lowest BCUT2D eigenvalue weighted by Crippen LogP contribution is -2.36. The summed E-state index contributed by atoms with van der Waals surface area (Å²) in [5.41, 5.74) is 0.925. The van der Waals surface area contributed by atoms with Crippen molar-refractivity contribution in [3.8, 4) is 0 Å². The molecule has 0 radical (unpaired) electrons. The number of nitrogens with zero attached hydrogens (tertiary/aromatic N) is 3. The molecule has 0 bridgehead atoms. The second-order valence-electron chi connectivity index (χ2n) is 4.75. The molecule has 0 amide bonds. The predicted octanol–water partition coefficient (Wildman–Crippen LogP) is 0.927. The summed E-state index contributed by atoms with van der Waals surface area (Å²) in [4.78, 5) is 12.0. The van der Waals surface area contributed by atoms with Crippen LogP contribution in [0.4, 0.5) is 0 Å². The smallest absolute Gasteiger partial charge is 0.345 e. The van der Waals surface area contributed by atoms with Crippen LogP contribution in [0.3, 0.4) is 0 Å². The number of fused-ring (bicyclic) bond motifs is 1. The average Bonchev–Trinajstić information content (AvgIpc) is 3.03. The second kappa shape index (κ2) is 4.93. The molecule has 1 aliphatic heterocycles. The van der Waals surface area contributed by atoms with E-state index >= 15 is 0 Å². The molecule has 0 unspecified atom stereocenters. The van der Waals surface area contributed by atoms with Crippen molar-refractivity contribution in [2.24, 2.45) is 7.05 Å². The average molecular weight is 327 g/mol. The topological polar surface area (TPSA) is 92.5 Å². The molecule has 112 valence electrons. The maximum Gasteiger partial charge on any atom is 0.345 e. The number of aromatic carboxylic acids is 1. The van der Waals surface area contributed by atoms with Crippen LogP contribution in [-0.4, -0.2) is 40.1 Å². The first-order valence-corrected chi connectivity index (χ1v) is 8.48. The summed E-state index contributed by atoms with van der Waals surface area (Å²) in [5, 5.41) is 13.0. The fraction of sp³-hybridized carbons (Fsp3) is 0.333. The Balaban J connectivity index is 1.93. The minimum atomic E-state index is -3.61. The molecule has 7 nitrogen and oxygen atoms in total. The van der Waals surface area contributed by atoms with E-state index in [1.165, 1.54) is 21.3 Å². The maximum atomic E-state index is 12.6. The third-order valence-corrected chi connectivity index (χ3v) is 6.51. The molecule has 1 aliphatic rings. The Hall–Kier alpha value is -1.71. The van der Waals surface area contributed by atoms with Gasteiger partial charge < -0.3 is 5.11 Å². The molecular formula is C12H13N3O4S2. The zero-order valence-corrected chi connectivity index (χ0v) is 12.8. The third-order valence-electron chi connectivity index (χ3n) is 3.44. The lowest BCUT2D eigenvalue weighted by atomic mass is 10.1. The summed E-state index contributed by atoms with van der Waals surface area (Å²) in [6.45, 7) is 0.553. The Morgan fingerprint density at radius 2 is 2.24 bits per heavy atom. The molecule has 0 aliphatic carbocycles. The van der Waals surface area contributed by atoms with Gasteiger partial charge in [-0.1, -0.05) is 0 Å². The van der Waals surface area contributed by atoms with E-state index in [1.807, 2.05) is 0 Å². The van der Waals surface area contributed by atoms with Crippen LogP contribution in [0.2, 0.25) is 0 Å². The standard InChI is InChI=1S/C12H13N3O4S2/c1-14-11(2-4-13-14)21(18,19)15-5-3-8-6-9(12(16)17)20-10(8)7-15/h2,4,6H,3,5,7H2,1H3,(H,16,17). The molecule has 3 rings (SSSR count). The molecule has 0 saturated carbocycles. The van der Waals surface area contributed by atoms with Crippen molar-refractivity contribution in [1.29, 1.82) is 0 Å². The van der Waals surface area contributed by atoms with Crippen LogP contribution in [0.5, 0.6) is 0 Å². The van der Waals surface area contributed by atoms with Crippen LogP contribution in [0.25, 0.3) is 0 Å². The van der Waals surface area contributed by atoms with Crippen molar-refractivity contribution in [2.75, 3.05) is 6.54 Å². The number of carboxylic acid groups (broad SMARTS) is 1. The second-order valence-corrected chi connectivity index (χ2v) is 7.77. The van der Waals surface area contributed by atoms with E-state index in [0.29, 0.717) is 13.0 Å². The van der Waals surface area contributed by atoms with E-state index in [4.69, 9.17) is 5.11 Å². The van der Waals surface area contributed by atoms with Gasteiger partial charge in [0.05, 0.1) is 6.20 Å². The number of sulfonamides is 1. The van der Waals surface area contributed by atoms with Crippen molar-refractivity contribution in [3.63, 3.8) is 0 Å². The summed E-state index contributed by atoms with van der Waals surface area (Å²) >= 11 is 1.14. The van der Waals surface area contributed by atoms with Crippen molar-refractivity contribution in [1.82, 2.24) is 14.1 Å². The van der Waals surface area contributed by atoms with Gasteiger partial charge in [-0.25, -0.2) is 13.2 Å². The number of carbonyl (C=O) groups is 1. The SMILES string of the molecule is Cn1nccc1S(=O)(=O)N1CCc2cc(C(=O)O)sc2C1. The fourth-order valence-electron chi connectivity index (χ4n) is 2.35. The zero-order chi connectivity index (χ0) is 15.2. The highest BCUT2D eigenvalue weighted by molar-refractivity contribution is 7.89. The molecule has 3 heterocycles. The van der Waals surface area contributed by atoms with E-state index in [9.17, 15) is 13.2 Å². The Labute approximate surface area is 125 Å². The van der Waals surface area contributed by atoms with Gasteiger partial charge in [0.2, 0.25) is 0 Å². The van der Waals surface area contributed by atoms with Gasteiger partial charge in [-0.05, 0) is 24.1 Å². The van der Waals surface area contributed by atoms with E-state index in [0.717, 1.165) is 21.8 Å². The third kappa shape index (κ3) is 2.37. The number of carboxylic acids is 1. The van der Waals surface area contributed by atoms with E-state index < -0.39 is 16.0 Å². The van der Waals surface area contributed by atoms with Crippen LogP contribution < -0.4 is 0 Å². The number of hydrogen-bond acceptors (Lipinski definition) is 5. The molecule has 0 saturated heterocycles. The van der Waals surface area contributed by atoms with E-state index in [-0.39, 0.29) is 16.4 Å². The lowest BCUT2D eigenvalue weighted by Gasteiger charge is -2.25. The summed E-state index contributed by atoms with van der Waals surface area (Å²) < 4.78 is 27.8. The van der Waals surface area contributed by atoms with Crippen LogP contribution >= 0.6 is 11.3 Å². The normalized spacial score (nSPS) is 15.9. The summed E-state index contributed by atoms with van der Waals surface area (Å²) in [6, 6.07) is 3.10. The first-order valence-electron chi connectivity index (χ1n) is 6.22. The van der Waals surface area contributed by atoms with Crippen molar-refractivity contribution in [3.05, 3.63) is 33.6 Å². The highest BCUT2D eigenvalue weighted by Gasteiger charge is 2.31. The minimum absolute atomic E-state index is 0.140. The van der Waals surface area contributed by atoms with Crippen molar-refractivity contribution in [2.45, 2.75) is 18.0 Å². The summed E-state index contributed by atoms with van der Waals surface area (Å²) in [6.07, 6.45) is 1.96. The van der Waals surface area contributed by atoms with Gasteiger partial charge in [-0.3, -0.25) is 4.68 Å². The van der Waals surface area contributed by atoms with Gasteiger partial charge in [0.15, 0.2) is 5.03 Å². The molecule has 0 atom stereocenters. The van der Waals surface area contributed by atoms with E-state index in [1.54, 1.807) is 13.1 Å². The number of aromatic nitrogens is 2. The number of thiophene rings is 1. The number of aryl methyl sites for hydroxylation is 1. The van der Waals surface area contributed by atoms with Crippen LogP contribution in [0.1, 0.15) is 20.1 Å². The molecule has 0 aromatic carbocycles. The maximum absolute atomic E-state index is 12.6. The quantitative estimate of drug-likeness (QED) is 0.905. The minimum Gasteiger partial charge on any atom is -0.477 e. The van der Waals surface area contributed by atoms with Gasteiger partial charge in [-0.2, -0.15) is 9.40 Å².